The lowest BCUT2D eigenvalue weighted by molar-refractivity contribution is -0.144. The van der Waals surface area contributed by atoms with Gasteiger partial charge in [0.2, 0.25) is 0 Å². The van der Waals surface area contributed by atoms with Crippen LogP contribution < -0.4 is 5.32 Å². The third-order valence-electron chi connectivity index (χ3n) is 5.27. The molecule has 2 rings (SSSR count). The van der Waals surface area contributed by atoms with Gasteiger partial charge in [-0.3, -0.25) is 15.1 Å². The van der Waals surface area contributed by atoms with Crippen molar-refractivity contribution in [3.63, 3.8) is 0 Å². The van der Waals surface area contributed by atoms with Crippen molar-refractivity contribution in [2.24, 2.45) is 23.9 Å². The first kappa shape index (κ1) is 26.1. The van der Waals surface area contributed by atoms with Crippen molar-refractivity contribution in [3.05, 3.63) is 30.2 Å². The summed E-state index contributed by atoms with van der Waals surface area (Å²) in [6.07, 6.45) is 6.11. The summed E-state index contributed by atoms with van der Waals surface area (Å²) >= 11 is 0. The number of carboxylic acids is 1. The Labute approximate surface area is 194 Å². The number of amides is 1. The Morgan fingerprint density at radius 2 is 2.12 bits per heavy atom. The van der Waals surface area contributed by atoms with Crippen LogP contribution in [0.3, 0.4) is 0 Å². The van der Waals surface area contributed by atoms with Crippen LogP contribution in [0.2, 0.25) is 0 Å². The predicted molar refractivity (Wildman–Crippen MR) is 125 cm³/mol. The normalized spacial score (nSPS) is 19.0. The molecule has 33 heavy (non-hydrogen) atoms. The van der Waals surface area contributed by atoms with Gasteiger partial charge in [-0.15, -0.1) is 5.10 Å². The van der Waals surface area contributed by atoms with E-state index in [0.717, 1.165) is 19.3 Å². The van der Waals surface area contributed by atoms with Gasteiger partial charge in [0.1, 0.15) is 5.76 Å². The lowest BCUT2D eigenvalue weighted by Gasteiger charge is -2.27. The molecule has 0 saturated heterocycles. The van der Waals surface area contributed by atoms with E-state index in [1.54, 1.807) is 19.2 Å². The molecular formula is C23H35N5O5. The van der Waals surface area contributed by atoms with Gasteiger partial charge >= 0.3 is 12.1 Å². The van der Waals surface area contributed by atoms with Crippen molar-refractivity contribution in [3.8, 4) is 0 Å². The molecule has 1 amide bonds. The van der Waals surface area contributed by atoms with E-state index in [2.05, 4.69) is 41.0 Å². The zero-order valence-electron chi connectivity index (χ0n) is 19.9. The highest BCUT2D eigenvalue weighted by Gasteiger charge is 2.28. The Balaban J connectivity index is 2.05. The Morgan fingerprint density at radius 3 is 2.79 bits per heavy atom. The molecule has 0 spiro atoms. The standard InChI is InChI=1S/C23H35N5O5/c1-6-24-19(11-10-16(4)33-18-9-7-8-17(14-18)22(29)30)20-21(28(5)27-26-20)25-23(31)32-13-12-15(2)3/h10-11,15,17-18H,4,6-9,12-14H2,1-3,5H3,(H,25,31)(H,29,30)/b11-10-,24-19+/t17-,18-/m0/s1. The minimum Gasteiger partial charge on any atom is -0.491 e. The highest BCUT2D eigenvalue weighted by Crippen LogP contribution is 2.28. The zero-order chi connectivity index (χ0) is 24.4. The van der Waals surface area contributed by atoms with Gasteiger partial charge in [-0.25, -0.2) is 9.48 Å². The van der Waals surface area contributed by atoms with E-state index < -0.39 is 12.1 Å². The van der Waals surface area contributed by atoms with E-state index in [0.29, 0.717) is 54.9 Å². The molecule has 0 unspecified atom stereocenters. The Kier molecular flexibility index (Phi) is 10.1. The average Bonchev–Trinajstić information content (AvgIpc) is 3.11. The molecule has 2 N–H and O–H groups in total. The number of hydrogen-bond donors (Lipinski definition) is 2. The first-order valence-corrected chi connectivity index (χ1v) is 11.4. The number of aliphatic carboxylic acids is 1. The number of aliphatic imine (C=N–C) groups is 1. The van der Waals surface area contributed by atoms with Gasteiger partial charge in [-0.05, 0) is 57.1 Å². The number of carbonyl (C=O) groups is 2. The van der Waals surface area contributed by atoms with E-state index in [4.69, 9.17) is 9.47 Å². The van der Waals surface area contributed by atoms with Gasteiger partial charge < -0.3 is 14.6 Å². The smallest absolute Gasteiger partial charge is 0.412 e. The van der Waals surface area contributed by atoms with Gasteiger partial charge in [-0.2, -0.15) is 0 Å². The Morgan fingerprint density at radius 1 is 1.36 bits per heavy atom. The first-order valence-electron chi connectivity index (χ1n) is 11.4. The summed E-state index contributed by atoms with van der Waals surface area (Å²) in [7, 11) is 1.66. The zero-order valence-corrected chi connectivity index (χ0v) is 19.9. The molecule has 1 saturated carbocycles. The number of anilines is 1. The van der Waals surface area contributed by atoms with E-state index in [-0.39, 0.29) is 12.0 Å². The fourth-order valence-corrected chi connectivity index (χ4v) is 3.47. The summed E-state index contributed by atoms with van der Waals surface area (Å²) in [6, 6.07) is 0. The number of carbonyl (C=O) groups excluding carboxylic acids is 1. The maximum atomic E-state index is 12.2. The van der Waals surface area contributed by atoms with Crippen LogP contribution in [0.1, 0.15) is 58.6 Å². The Bertz CT molecular complexity index is 890. The summed E-state index contributed by atoms with van der Waals surface area (Å²) in [4.78, 5) is 27.9. The molecular weight excluding hydrogens is 426 g/mol. The largest absolute Gasteiger partial charge is 0.491 e. The molecule has 0 aromatic carbocycles. The van der Waals surface area contributed by atoms with Crippen molar-refractivity contribution in [1.82, 2.24) is 15.0 Å². The number of hydrogen-bond acceptors (Lipinski definition) is 7. The van der Waals surface area contributed by atoms with Crippen LogP contribution in [0.5, 0.6) is 0 Å². The number of rotatable bonds is 11. The van der Waals surface area contributed by atoms with Gasteiger partial charge in [-0.1, -0.05) is 25.6 Å². The summed E-state index contributed by atoms with van der Waals surface area (Å²) in [5, 5.41) is 20.1. The number of ether oxygens (including phenoxy) is 2. The highest BCUT2D eigenvalue weighted by atomic mass is 16.5. The summed E-state index contributed by atoms with van der Waals surface area (Å²) in [5.41, 5.74) is 0.896. The molecule has 182 valence electrons. The van der Waals surface area contributed by atoms with Crippen LogP contribution in [-0.4, -0.2) is 57.1 Å². The molecule has 0 aliphatic heterocycles. The predicted octanol–water partition coefficient (Wildman–Crippen LogP) is 3.95. The summed E-state index contributed by atoms with van der Waals surface area (Å²) < 4.78 is 12.5. The highest BCUT2D eigenvalue weighted by molar-refractivity contribution is 6.11. The number of nitrogens with one attached hydrogen (secondary N) is 1. The number of nitrogens with zero attached hydrogens (tertiary/aromatic N) is 4. The third-order valence-corrected chi connectivity index (χ3v) is 5.27. The lowest BCUT2D eigenvalue weighted by Crippen LogP contribution is -2.27. The maximum absolute atomic E-state index is 12.2. The van der Waals surface area contributed by atoms with Gasteiger partial charge in [0.25, 0.3) is 0 Å². The van der Waals surface area contributed by atoms with Gasteiger partial charge in [0, 0.05) is 13.6 Å². The fourth-order valence-electron chi connectivity index (χ4n) is 3.47. The second-order valence-electron chi connectivity index (χ2n) is 8.45. The SMILES string of the molecule is C=C(/C=C\C(=N/CC)c1nnn(C)c1NC(=O)OCCC(C)C)O[C@H]1CCC[C@H](C(=O)O)C1. The minimum atomic E-state index is -0.785. The van der Waals surface area contributed by atoms with Gasteiger partial charge in [0.05, 0.1) is 24.3 Å². The molecule has 1 aromatic rings. The monoisotopic (exact) mass is 461 g/mol. The Hall–Kier alpha value is -3.17. The number of aromatic nitrogens is 3. The lowest BCUT2D eigenvalue weighted by atomic mass is 9.87. The molecule has 1 fully saturated rings. The molecule has 1 aromatic heterocycles. The molecule has 10 nitrogen and oxygen atoms in total. The second-order valence-corrected chi connectivity index (χ2v) is 8.45. The number of aryl methyl sites for hydroxylation is 1. The third kappa shape index (κ3) is 8.36. The quantitative estimate of drug-likeness (QED) is 0.290. The number of allylic oxidation sites excluding steroid dienone is 2. The van der Waals surface area contributed by atoms with Crippen molar-refractivity contribution in [2.75, 3.05) is 18.5 Å². The molecule has 10 heteroatoms. The van der Waals surface area contributed by atoms with Crippen molar-refractivity contribution < 1.29 is 24.2 Å². The molecule has 0 radical (unpaired) electrons. The van der Waals surface area contributed by atoms with E-state index >= 15 is 0 Å². The maximum Gasteiger partial charge on any atom is 0.412 e. The van der Waals surface area contributed by atoms with E-state index in [1.807, 2.05) is 6.92 Å². The van der Waals surface area contributed by atoms with Gasteiger partial charge in [0.15, 0.2) is 11.5 Å². The van der Waals surface area contributed by atoms with Crippen LogP contribution >= 0.6 is 0 Å². The van der Waals surface area contributed by atoms with Crippen molar-refractivity contribution in [1.29, 1.82) is 0 Å². The second kappa shape index (κ2) is 12.8. The minimum absolute atomic E-state index is 0.182. The fraction of sp³-hybridized carbons (Fsp3) is 0.609. The molecule has 2 atom stereocenters. The molecule has 1 aliphatic rings. The molecule has 0 bridgehead atoms. The van der Waals surface area contributed by atoms with Crippen molar-refractivity contribution >= 4 is 23.6 Å². The molecule has 1 aliphatic carbocycles. The summed E-state index contributed by atoms with van der Waals surface area (Å²) in [5.74, 6) is 0.0310. The average molecular weight is 462 g/mol. The topological polar surface area (TPSA) is 128 Å². The van der Waals surface area contributed by atoms with Crippen LogP contribution in [0.25, 0.3) is 0 Å². The number of carboxylic acid groups (broad SMARTS) is 1. The summed E-state index contributed by atoms with van der Waals surface area (Å²) in [6.45, 7) is 10.7. The van der Waals surface area contributed by atoms with Crippen molar-refractivity contribution in [2.45, 2.75) is 59.0 Å². The van der Waals surface area contributed by atoms with E-state index in [1.165, 1.54) is 4.68 Å². The first-order chi connectivity index (χ1) is 15.7. The van der Waals surface area contributed by atoms with Crippen LogP contribution in [0, 0.1) is 11.8 Å². The molecule has 1 heterocycles. The van der Waals surface area contributed by atoms with Crippen LogP contribution in [0.15, 0.2) is 29.5 Å². The van der Waals surface area contributed by atoms with Crippen LogP contribution in [-0.2, 0) is 21.3 Å². The van der Waals surface area contributed by atoms with Crippen LogP contribution in [0.4, 0.5) is 10.6 Å². The van der Waals surface area contributed by atoms with E-state index in [9.17, 15) is 14.7 Å².